The van der Waals surface area contributed by atoms with Crippen molar-refractivity contribution < 1.29 is 17.6 Å². The van der Waals surface area contributed by atoms with E-state index in [4.69, 9.17) is 5.73 Å². The van der Waals surface area contributed by atoms with Gasteiger partial charge in [0.1, 0.15) is 5.82 Å². The highest BCUT2D eigenvalue weighted by molar-refractivity contribution is 5.34. The molecule has 2 aromatic rings. The predicted molar refractivity (Wildman–Crippen MR) is 63.9 cm³/mol. The van der Waals surface area contributed by atoms with Gasteiger partial charge in [-0.25, -0.2) is 4.39 Å². The van der Waals surface area contributed by atoms with E-state index in [-0.39, 0.29) is 0 Å². The number of nitrogens with two attached hydrogens (primary N) is 1. The minimum atomic E-state index is -4.42. The fourth-order valence-electron chi connectivity index (χ4n) is 1.80. The lowest BCUT2D eigenvalue weighted by molar-refractivity contribution is -0.137. The Morgan fingerprint density at radius 2 is 1.47 bits per heavy atom. The molecule has 0 saturated carbocycles. The van der Waals surface area contributed by atoms with Crippen molar-refractivity contribution in [3.63, 3.8) is 0 Å². The van der Waals surface area contributed by atoms with Crippen molar-refractivity contribution in [1.82, 2.24) is 0 Å². The van der Waals surface area contributed by atoms with Gasteiger partial charge in [-0.2, -0.15) is 13.2 Å². The molecule has 1 atom stereocenters. The van der Waals surface area contributed by atoms with Gasteiger partial charge in [0.15, 0.2) is 0 Å². The average Bonchev–Trinajstić information content (AvgIpc) is 2.37. The molecular formula is C14H11F4N. The van der Waals surface area contributed by atoms with Crippen molar-refractivity contribution in [2.75, 3.05) is 0 Å². The topological polar surface area (TPSA) is 26.0 Å². The molecule has 19 heavy (non-hydrogen) atoms. The van der Waals surface area contributed by atoms with Gasteiger partial charge in [-0.3, -0.25) is 0 Å². The molecule has 0 saturated heterocycles. The van der Waals surface area contributed by atoms with Crippen molar-refractivity contribution in [3.05, 3.63) is 71.0 Å². The van der Waals surface area contributed by atoms with Gasteiger partial charge >= 0.3 is 6.18 Å². The van der Waals surface area contributed by atoms with Crippen LogP contribution in [0.4, 0.5) is 17.6 Å². The van der Waals surface area contributed by atoms with Gasteiger partial charge in [-0.1, -0.05) is 24.3 Å². The lowest BCUT2D eigenvalue weighted by atomic mass is 9.98. The van der Waals surface area contributed by atoms with Gasteiger partial charge in [0.2, 0.25) is 0 Å². The zero-order valence-electron chi connectivity index (χ0n) is 9.79. The minimum Gasteiger partial charge on any atom is -0.320 e. The molecule has 0 radical (unpaired) electrons. The van der Waals surface area contributed by atoms with Crippen LogP contribution in [0.3, 0.4) is 0 Å². The number of alkyl halides is 3. The molecule has 0 heterocycles. The number of halogens is 4. The molecule has 2 rings (SSSR count). The zero-order valence-corrected chi connectivity index (χ0v) is 9.79. The molecule has 0 fully saturated rings. The normalized spacial score (nSPS) is 13.3. The molecule has 2 aromatic carbocycles. The average molecular weight is 269 g/mol. The summed E-state index contributed by atoms with van der Waals surface area (Å²) < 4.78 is 50.9. The Kier molecular flexibility index (Phi) is 3.57. The molecule has 0 aromatic heterocycles. The summed E-state index contributed by atoms with van der Waals surface area (Å²) in [6, 6.07) is 9.46. The fraction of sp³-hybridized carbons (Fsp3) is 0.143. The molecule has 0 bridgehead atoms. The van der Waals surface area contributed by atoms with Gasteiger partial charge in [0.25, 0.3) is 0 Å². The number of rotatable bonds is 2. The third-order valence-electron chi connectivity index (χ3n) is 2.78. The second-order valence-electron chi connectivity index (χ2n) is 4.16. The summed E-state index contributed by atoms with van der Waals surface area (Å²) in [6.45, 7) is 0. The van der Waals surface area contributed by atoms with Crippen LogP contribution in [-0.2, 0) is 6.18 Å². The van der Waals surface area contributed by atoms with Crippen LogP contribution in [0.25, 0.3) is 0 Å². The van der Waals surface area contributed by atoms with Crippen LogP contribution in [0.5, 0.6) is 0 Å². The van der Waals surface area contributed by atoms with Crippen LogP contribution in [0, 0.1) is 5.82 Å². The van der Waals surface area contributed by atoms with Crippen LogP contribution in [0.15, 0.2) is 48.5 Å². The summed E-state index contributed by atoms with van der Waals surface area (Å²) in [4.78, 5) is 0. The van der Waals surface area contributed by atoms with E-state index in [2.05, 4.69) is 0 Å². The van der Waals surface area contributed by atoms with E-state index in [1.807, 2.05) is 0 Å². The number of hydrogen-bond acceptors (Lipinski definition) is 1. The van der Waals surface area contributed by atoms with Crippen LogP contribution in [-0.4, -0.2) is 0 Å². The monoisotopic (exact) mass is 269 g/mol. The summed E-state index contributed by atoms with van der Waals surface area (Å²) in [6.07, 6.45) is -4.42. The molecule has 0 aliphatic heterocycles. The summed E-state index contributed by atoms with van der Waals surface area (Å²) >= 11 is 0. The van der Waals surface area contributed by atoms with E-state index >= 15 is 0 Å². The first-order valence-electron chi connectivity index (χ1n) is 5.56. The SMILES string of the molecule is NC(c1cccc(F)c1)c1cccc(C(F)(F)F)c1. The molecule has 100 valence electrons. The van der Waals surface area contributed by atoms with E-state index < -0.39 is 23.6 Å². The molecule has 0 aliphatic rings. The van der Waals surface area contributed by atoms with E-state index in [1.165, 1.54) is 30.3 Å². The van der Waals surface area contributed by atoms with Crippen molar-refractivity contribution >= 4 is 0 Å². The highest BCUT2D eigenvalue weighted by Crippen LogP contribution is 2.31. The molecule has 0 spiro atoms. The third-order valence-corrected chi connectivity index (χ3v) is 2.78. The van der Waals surface area contributed by atoms with Crippen LogP contribution < -0.4 is 5.73 Å². The maximum atomic E-state index is 13.1. The van der Waals surface area contributed by atoms with Gasteiger partial charge < -0.3 is 5.73 Å². The predicted octanol–water partition coefficient (Wildman–Crippen LogP) is 3.89. The zero-order chi connectivity index (χ0) is 14.0. The summed E-state index contributed by atoms with van der Waals surface area (Å²) in [5.74, 6) is -0.472. The lowest BCUT2D eigenvalue weighted by Crippen LogP contribution is -2.14. The van der Waals surface area contributed by atoms with Crippen LogP contribution in [0.2, 0.25) is 0 Å². The van der Waals surface area contributed by atoms with Crippen LogP contribution in [0.1, 0.15) is 22.7 Å². The molecule has 0 aliphatic carbocycles. The van der Waals surface area contributed by atoms with E-state index in [9.17, 15) is 17.6 Å². The maximum Gasteiger partial charge on any atom is 0.416 e. The smallest absolute Gasteiger partial charge is 0.320 e. The van der Waals surface area contributed by atoms with Crippen molar-refractivity contribution in [2.45, 2.75) is 12.2 Å². The van der Waals surface area contributed by atoms with Gasteiger partial charge in [-0.05, 0) is 35.4 Å². The van der Waals surface area contributed by atoms with Crippen molar-refractivity contribution in [1.29, 1.82) is 0 Å². The Bertz CT molecular complexity index is 578. The number of benzene rings is 2. The molecule has 0 amide bonds. The standard InChI is InChI=1S/C14H11F4N/c15-12-6-2-4-10(8-12)13(19)9-3-1-5-11(7-9)14(16,17)18/h1-8,13H,19H2. The first kappa shape index (κ1) is 13.5. The minimum absolute atomic E-state index is 0.292. The van der Waals surface area contributed by atoms with Crippen LogP contribution >= 0.6 is 0 Å². The molecule has 2 N–H and O–H groups in total. The second-order valence-corrected chi connectivity index (χ2v) is 4.16. The highest BCUT2D eigenvalue weighted by Gasteiger charge is 2.30. The maximum absolute atomic E-state index is 13.1. The molecule has 1 unspecified atom stereocenters. The van der Waals surface area contributed by atoms with E-state index in [1.54, 1.807) is 6.07 Å². The van der Waals surface area contributed by atoms with Crippen molar-refractivity contribution in [3.8, 4) is 0 Å². The molecule has 1 nitrogen and oxygen atoms in total. The first-order valence-corrected chi connectivity index (χ1v) is 5.56. The van der Waals surface area contributed by atoms with Crippen molar-refractivity contribution in [2.24, 2.45) is 5.73 Å². The Labute approximate surface area is 107 Å². The van der Waals surface area contributed by atoms with E-state index in [0.29, 0.717) is 11.1 Å². The van der Waals surface area contributed by atoms with Gasteiger partial charge in [0, 0.05) is 0 Å². The Hall–Kier alpha value is -1.88. The van der Waals surface area contributed by atoms with E-state index in [0.717, 1.165) is 12.1 Å². The fourth-order valence-corrected chi connectivity index (χ4v) is 1.80. The first-order chi connectivity index (χ1) is 8.88. The lowest BCUT2D eigenvalue weighted by Gasteiger charge is -2.15. The Balaban J connectivity index is 2.37. The quantitative estimate of drug-likeness (QED) is 0.822. The Morgan fingerprint density at radius 3 is 2.05 bits per heavy atom. The van der Waals surface area contributed by atoms with Gasteiger partial charge in [-0.15, -0.1) is 0 Å². The highest BCUT2D eigenvalue weighted by atomic mass is 19.4. The largest absolute Gasteiger partial charge is 0.416 e. The summed E-state index contributed by atoms with van der Waals surface area (Å²) in [7, 11) is 0. The summed E-state index contributed by atoms with van der Waals surface area (Å²) in [5.41, 5.74) is 5.82. The third kappa shape index (κ3) is 3.12. The van der Waals surface area contributed by atoms with Gasteiger partial charge in [0.05, 0.1) is 11.6 Å². The summed E-state index contributed by atoms with van der Waals surface area (Å²) in [5, 5.41) is 0. The molecule has 5 heteroatoms. The molecular weight excluding hydrogens is 258 g/mol. The Morgan fingerprint density at radius 1 is 0.895 bits per heavy atom. The second kappa shape index (κ2) is 5.01. The number of hydrogen-bond donors (Lipinski definition) is 1.